The van der Waals surface area contributed by atoms with Crippen LogP contribution in [0.5, 0.6) is 0 Å². The topological polar surface area (TPSA) is 59.7 Å². The lowest BCUT2D eigenvalue weighted by molar-refractivity contribution is -0.138. The van der Waals surface area contributed by atoms with Gasteiger partial charge in [-0.25, -0.2) is 4.98 Å². The zero-order valence-electron chi connectivity index (χ0n) is 20.8. The molecule has 9 heteroatoms. The van der Waals surface area contributed by atoms with Gasteiger partial charge >= 0.3 is 6.18 Å². The first kappa shape index (κ1) is 25.6. The van der Waals surface area contributed by atoms with E-state index in [4.69, 9.17) is 4.74 Å². The van der Waals surface area contributed by atoms with Crippen LogP contribution < -0.4 is 0 Å². The molecule has 1 saturated heterocycles. The Bertz CT molecular complexity index is 1540. The minimum absolute atomic E-state index is 0.142. The van der Waals surface area contributed by atoms with Crippen LogP contribution in [0.3, 0.4) is 0 Å². The quantitative estimate of drug-likeness (QED) is 0.283. The van der Waals surface area contributed by atoms with Crippen LogP contribution in [0, 0.1) is 18.8 Å². The standard InChI is InChI=1S/C29H25F3N4O2/c1-20-2-4-23(16-22(20)6-7-25-17-34-28-18-33-8-9-36(25)28)27(37)15-21-3-5-24(26(14-21)29(30,31)32)19-35-10-12-38-13-11-35/h2-5,8-9,14,16-18H,10-13,15,19H2,1H3. The number of Topliss-reactive ketones (excluding diaryl/α,β-unsaturated/α-hetero) is 1. The molecular weight excluding hydrogens is 493 g/mol. The van der Waals surface area contributed by atoms with Crippen molar-refractivity contribution in [3.63, 3.8) is 0 Å². The van der Waals surface area contributed by atoms with Gasteiger partial charge in [-0.1, -0.05) is 30.2 Å². The van der Waals surface area contributed by atoms with Gasteiger partial charge in [-0.3, -0.25) is 19.1 Å². The van der Waals surface area contributed by atoms with E-state index in [9.17, 15) is 18.0 Å². The molecule has 1 fully saturated rings. The smallest absolute Gasteiger partial charge is 0.379 e. The van der Waals surface area contributed by atoms with Crippen molar-refractivity contribution in [2.45, 2.75) is 26.1 Å². The first-order valence-electron chi connectivity index (χ1n) is 12.2. The number of halogens is 3. The summed E-state index contributed by atoms with van der Waals surface area (Å²) in [4.78, 5) is 23.3. The molecule has 0 spiro atoms. The number of fused-ring (bicyclic) bond motifs is 1. The second kappa shape index (κ2) is 10.8. The first-order valence-corrected chi connectivity index (χ1v) is 12.2. The summed E-state index contributed by atoms with van der Waals surface area (Å²) in [5.74, 6) is 5.90. The number of hydrogen-bond acceptors (Lipinski definition) is 5. The zero-order chi connectivity index (χ0) is 26.7. The van der Waals surface area contributed by atoms with Crippen LogP contribution in [0.1, 0.15) is 43.9 Å². The van der Waals surface area contributed by atoms with Crippen LogP contribution >= 0.6 is 0 Å². The van der Waals surface area contributed by atoms with Crippen LogP contribution in [0.15, 0.2) is 61.2 Å². The van der Waals surface area contributed by atoms with Gasteiger partial charge in [0, 0.05) is 49.6 Å². The number of alkyl halides is 3. The van der Waals surface area contributed by atoms with Crippen LogP contribution in [0.2, 0.25) is 0 Å². The van der Waals surface area contributed by atoms with Crippen molar-refractivity contribution in [3.8, 4) is 11.8 Å². The summed E-state index contributed by atoms with van der Waals surface area (Å²) < 4.78 is 48.8. The third kappa shape index (κ3) is 5.77. The number of aryl methyl sites for hydroxylation is 1. The maximum atomic E-state index is 13.9. The number of benzene rings is 2. The fourth-order valence-corrected chi connectivity index (χ4v) is 4.42. The molecule has 6 nitrogen and oxygen atoms in total. The van der Waals surface area contributed by atoms with Gasteiger partial charge in [0.25, 0.3) is 0 Å². The van der Waals surface area contributed by atoms with E-state index in [1.807, 2.05) is 16.2 Å². The number of ketones is 1. The fraction of sp³-hybridized carbons (Fsp3) is 0.276. The van der Waals surface area contributed by atoms with Crippen molar-refractivity contribution in [1.82, 2.24) is 19.3 Å². The van der Waals surface area contributed by atoms with Crippen molar-refractivity contribution in [2.24, 2.45) is 0 Å². The van der Waals surface area contributed by atoms with Crippen molar-refractivity contribution < 1.29 is 22.7 Å². The monoisotopic (exact) mass is 518 g/mol. The first-order chi connectivity index (χ1) is 18.3. The average molecular weight is 519 g/mol. The van der Waals surface area contributed by atoms with Crippen LogP contribution in [0.25, 0.3) is 5.65 Å². The van der Waals surface area contributed by atoms with Gasteiger partial charge in [-0.05, 0) is 41.7 Å². The van der Waals surface area contributed by atoms with Gasteiger partial charge in [0.1, 0.15) is 5.69 Å². The van der Waals surface area contributed by atoms with Gasteiger partial charge in [0.2, 0.25) is 0 Å². The molecule has 0 radical (unpaired) electrons. The molecule has 0 saturated carbocycles. The molecule has 2 aromatic heterocycles. The van der Waals surface area contributed by atoms with Gasteiger partial charge in [0.15, 0.2) is 11.4 Å². The molecule has 3 heterocycles. The Morgan fingerprint density at radius 3 is 2.68 bits per heavy atom. The number of nitrogens with zero attached hydrogens (tertiary/aromatic N) is 4. The van der Waals surface area contributed by atoms with E-state index in [1.54, 1.807) is 49.1 Å². The van der Waals surface area contributed by atoms with Crippen molar-refractivity contribution in [3.05, 3.63) is 100 Å². The Morgan fingerprint density at radius 2 is 1.89 bits per heavy atom. The Hall–Kier alpha value is -4.00. The molecule has 0 bridgehead atoms. The number of hydrogen-bond donors (Lipinski definition) is 0. The number of morpholine rings is 1. The van der Waals surface area contributed by atoms with E-state index in [0.29, 0.717) is 54.3 Å². The van der Waals surface area contributed by atoms with Gasteiger partial charge in [-0.15, -0.1) is 0 Å². The number of ether oxygens (including phenoxy) is 1. The highest BCUT2D eigenvalue weighted by atomic mass is 19.4. The molecule has 194 valence electrons. The molecule has 38 heavy (non-hydrogen) atoms. The minimum atomic E-state index is -4.51. The Morgan fingerprint density at radius 1 is 1.08 bits per heavy atom. The summed E-state index contributed by atoms with van der Waals surface area (Å²) in [7, 11) is 0. The summed E-state index contributed by atoms with van der Waals surface area (Å²) >= 11 is 0. The van der Waals surface area contributed by atoms with Crippen LogP contribution in [0.4, 0.5) is 13.2 Å². The van der Waals surface area contributed by atoms with E-state index in [-0.39, 0.29) is 24.3 Å². The Balaban J connectivity index is 1.36. The average Bonchev–Trinajstić information content (AvgIpc) is 3.32. The van der Waals surface area contributed by atoms with E-state index >= 15 is 0 Å². The second-order valence-electron chi connectivity index (χ2n) is 9.21. The van der Waals surface area contributed by atoms with E-state index in [2.05, 4.69) is 21.8 Å². The lowest BCUT2D eigenvalue weighted by atomic mass is 9.96. The highest BCUT2D eigenvalue weighted by Crippen LogP contribution is 2.34. The fourth-order valence-electron chi connectivity index (χ4n) is 4.42. The Labute approximate surface area is 218 Å². The molecular formula is C29H25F3N4O2. The lowest BCUT2D eigenvalue weighted by Crippen LogP contribution is -2.36. The predicted octanol–water partition coefficient (Wildman–Crippen LogP) is 4.71. The molecule has 0 aliphatic carbocycles. The lowest BCUT2D eigenvalue weighted by Gasteiger charge is -2.27. The third-order valence-corrected chi connectivity index (χ3v) is 6.54. The van der Waals surface area contributed by atoms with Crippen molar-refractivity contribution in [1.29, 1.82) is 0 Å². The highest BCUT2D eigenvalue weighted by molar-refractivity contribution is 5.98. The number of carbonyl (C=O) groups excluding carboxylic acids is 1. The molecule has 1 aliphatic heterocycles. The predicted molar refractivity (Wildman–Crippen MR) is 136 cm³/mol. The van der Waals surface area contributed by atoms with Gasteiger partial charge in [-0.2, -0.15) is 13.2 Å². The minimum Gasteiger partial charge on any atom is -0.379 e. The maximum Gasteiger partial charge on any atom is 0.416 e. The van der Waals surface area contributed by atoms with Gasteiger partial charge < -0.3 is 4.74 Å². The second-order valence-corrected chi connectivity index (χ2v) is 9.21. The zero-order valence-corrected chi connectivity index (χ0v) is 20.8. The normalized spacial score (nSPS) is 14.3. The molecule has 0 atom stereocenters. The van der Waals surface area contributed by atoms with Crippen LogP contribution in [-0.2, 0) is 23.9 Å². The number of aromatic nitrogens is 3. The molecule has 4 aromatic rings. The molecule has 2 aromatic carbocycles. The molecule has 0 unspecified atom stereocenters. The van der Waals surface area contributed by atoms with Crippen LogP contribution in [-0.4, -0.2) is 51.4 Å². The van der Waals surface area contributed by atoms with E-state index in [1.165, 1.54) is 6.07 Å². The van der Waals surface area contributed by atoms with Gasteiger partial charge in [0.05, 0.1) is 31.2 Å². The van der Waals surface area contributed by atoms with E-state index in [0.717, 1.165) is 11.6 Å². The molecule has 0 N–H and O–H groups in total. The Kier molecular flexibility index (Phi) is 7.27. The SMILES string of the molecule is Cc1ccc(C(=O)Cc2ccc(CN3CCOCC3)c(C(F)(F)F)c2)cc1C#Cc1cnc2cnccn12. The summed E-state index contributed by atoms with van der Waals surface area (Å²) in [6.07, 6.45) is 2.03. The number of rotatable bonds is 5. The molecule has 1 aliphatic rings. The largest absolute Gasteiger partial charge is 0.416 e. The summed E-state index contributed by atoms with van der Waals surface area (Å²) in [6, 6.07) is 9.35. The van der Waals surface area contributed by atoms with Crippen molar-refractivity contribution >= 4 is 11.4 Å². The molecule has 0 amide bonds. The number of carbonyl (C=O) groups is 1. The highest BCUT2D eigenvalue weighted by Gasteiger charge is 2.34. The molecule has 5 rings (SSSR count). The summed E-state index contributed by atoms with van der Waals surface area (Å²) in [5.41, 5.74) is 3.11. The summed E-state index contributed by atoms with van der Waals surface area (Å²) in [6.45, 7) is 4.27. The van der Waals surface area contributed by atoms with Crippen molar-refractivity contribution in [2.75, 3.05) is 26.3 Å². The maximum absolute atomic E-state index is 13.9. The number of imidazole rings is 1. The third-order valence-electron chi connectivity index (χ3n) is 6.54. The van der Waals surface area contributed by atoms with E-state index < -0.39 is 11.7 Å². The summed E-state index contributed by atoms with van der Waals surface area (Å²) in [5, 5.41) is 0.